The van der Waals surface area contributed by atoms with Crippen molar-refractivity contribution in [3.63, 3.8) is 0 Å². The highest BCUT2D eigenvalue weighted by Gasteiger charge is 2.37. The first kappa shape index (κ1) is 18.1. The third kappa shape index (κ3) is 4.20. The Kier molecular flexibility index (Phi) is 6.77. The van der Waals surface area contributed by atoms with Crippen LogP contribution < -0.4 is 4.57 Å². The van der Waals surface area contributed by atoms with Crippen molar-refractivity contribution in [3.05, 3.63) is 30.1 Å². The van der Waals surface area contributed by atoms with Gasteiger partial charge in [0.25, 0.3) is 5.82 Å². The zero-order valence-electron chi connectivity index (χ0n) is 14.7. The van der Waals surface area contributed by atoms with E-state index in [4.69, 9.17) is 13.3 Å². The number of para-hydroxylation sites is 2. The first-order chi connectivity index (χ1) is 11.2. The van der Waals surface area contributed by atoms with E-state index in [1.54, 1.807) is 21.3 Å². The molecule has 1 aromatic carbocycles. The number of H-pyrrole nitrogens is 1. The van der Waals surface area contributed by atoms with Crippen molar-refractivity contribution in [2.24, 2.45) is 0 Å². The van der Waals surface area contributed by atoms with Gasteiger partial charge < -0.3 is 13.3 Å². The third-order valence-corrected chi connectivity index (χ3v) is 7.20. The van der Waals surface area contributed by atoms with Crippen molar-refractivity contribution in [1.29, 1.82) is 0 Å². The van der Waals surface area contributed by atoms with Crippen LogP contribution in [0.5, 0.6) is 0 Å². The lowest BCUT2D eigenvalue weighted by atomic mass is 10.2. The van der Waals surface area contributed by atoms with Crippen molar-refractivity contribution in [3.8, 4) is 0 Å². The van der Waals surface area contributed by atoms with E-state index in [1.165, 1.54) is 29.7 Å². The third-order valence-electron chi connectivity index (χ3n) is 4.36. The Morgan fingerprint density at radius 1 is 1.04 bits per heavy atom. The van der Waals surface area contributed by atoms with E-state index in [-0.39, 0.29) is 0 Å². The summed E-state index contributed by atoms with van der Waals surface area (Å²) < 4.78 is 18.9. The molecule has 0 radical (unpaired) electrons. The summed E-state index contributed by atoms with van der Waals surface area (Å²) in [5.74, 6) is 1.30. The first-order valence-electron chi connectivity index (χ1n) is 8.34. The van der Waals surface area contributed by atoms with Crippen LogP contribution in [-0.4, -0.2) is 35.1 Å². The summed E-state index contributed by atoms with van der Waals surface area (Å²) in [4.78, 5) is 3.57. The number of nitrogens with zero attached hydrogens (tertiary/aromatic N) is 1. The molecule has 0 saturated heterocycles. The lowest BCUT2D eigenvalue weighted by Gasteiger charge is -2.23. The Hall–Kier alpha value is -1.21. The van der Waals surface area contributed by atoms with Gasteiger partial charge in [-0.1, -0.05) is 25.5 Å². The highest BCUT2D eigenvalue weighted by atomic mass is 28.4. The van der Waals surface area contributed by atoms with E-state index in [9.17, 15) is 0 Å². The second-order valence-corrected chi connectivity index (χ2v) is 8.83. The van der Waals surface area contributed by atoms with Gasteiger partial charge in [0.2, 0.25) is 0 Å². The molecule has 0 saturated carbocycles. The van der Waals surface area contributed by atoms with Crippen LogP contribution in [0.15, 0.2) is 24.3 Å². The van der Waals surface area contributed by atoms with Gasteiger partial charge in [-0.05, 0) is 25.0 Å². The molecule has 0 aliphatic rings. The minimum Gasteiger partial charge on any atom is -0.377 e. The Bertz CT molecular complexity index is 603. The normalized spacial score (nSPS) is 12.2. The summed E-state index contributed by atoms with van der Waals surface area (Å²) in [7, 11) is 2.53. The average Bonchev–Trinajstić information content (AvgIpc) is 2.95. The second kappa shape index (κ2) is 8.59. The predicted molar refractivity (Wildman–Crippen MR) is 93.3 cm³/mol. The van der Waals surface area contributed by atoms with E-state index in [0.29, 0.717) is 0 Å². The molecule has 1 N–H and O–H groups in total. The fraction of sp³-hybridized carbons (Fsp3) is 0.588. The van der Waals surface area contributed by atoms with Crippen LogP contribution in [0.3, 0.4) is 0 Å². The van der Waals surface area contributed by atoms with Gasteiger partial charge >= 0.3 is 8.80 Å². The number of fused-ring (bicyclic) bond motifs is 1. The van der Waals surface area contributed by atoms with Gasteiger partial charge in [0.15, 0.2) is 11.0 Å². The number of unbranched alkanes of at least 4 members (excludes halogenated alkanes) is 1. The van der Waals surface area contributed by atoms with Crippen molar-refractivity contribution in [1.82, 2.24) is 4.98 Å². The Morgan fingerprint density at radius 3 is 2.39 bits per heavy atom. The number of aryl methyl sites for hydroxylation is 2. The van der Waals surface area contributed by atoms with E-state index in [0.717, 1.165) is 25.4 Å². The molecule has 23 heavy (non-hydrogen) atoms. The minimum atomic E-state index is -2.48. The molecule has 0 aliphatic heterocycles. The SMILES string of the molecule is CCCCc1[nH]c2ccccc2[n+]1CCC[Si](OC)(OC)OC. The molecule has 1 aromatic heterocycles. The van der Waals surface area contributed by atoms with Crippen LogP contribution in [0.2, 0.25) is 6.04 Å². The van der Waals surface area contributed by atoms with Crippen molar-refractivity contribution >= 4 is 19.8 Å². The van der Waals surface area contributed by atoms with E-state index >= 15 is 0 Å². The first-order valence-corrected chi connectivity index (χ1v) is 10.3. The van der Waals surface area contributed by atoms with E-state index in [2.05, 4.69) is 40.7 Å². The van der Waals surface area contributed by atoms with Crippen LogP contribution in [0.25, 0.3) is 11.0 Å². The molecule has 0 atom stereocenters. The molecular weight excluding hydrogens is 308 g/mol. The highest BCUT2D eigenvalue weighted by Crippen LogP contribution is 2.16. The number of nitrogens with one attached hydrogen (secondary N) is 1. The summed E-state index contributed by atoms with van der Waals surface area (Å²) in [6.45, 7) is 3.16. The smallest absolute Gasteiger partial charge is 0.377 e. The molecule has 0 unspecified atom stereocenters. The molecule has 0 bridgehead atoms. The summed E-state index contributed by atoms with van der Waals surface area (Å²) >= 11 is 0. The number of aromatic amines is 1. The molecule has 128 valence electrons. The molecule has 2 aromatic rings. The quantitative estimate of drug-likeness (QED) is 0.535. The van der Waals surface area contributed by atoms with Crippen molar-refractivity contribution < 1.29 is 17.8 Å². The molecule has 0 spiro atoms. The number of benzene rings is 1. The van der Waals surface area contributed by atoms with Crippen molar-refractivity contribution in [2.45, 2.75) is 45.2 Å². The van der Waals surface area contributed by atoms with Gasteiger partial charge in [0.05, 0.1) is 6.54 Å². The van der Waals surface area contributed by atoms with Gasteiger partial charge in [-0.15, -0.1) is 0 Å². The van der Waals surface area contributed by atoms with Crippen molar-refractivity contribution in [2.75, 3.05) is 21.3 Å². The Labute approximate surface area is 139 Å². The van der Waals surface area contributed by atoms with Gasteiger partial charge in [-0.25, -0.2) is 9.55 Å². The van der Waals surface area contributed by atoms with Crippen LogP contribution in [-0.2, 0) is 26.2 Å². The number of hydrogen-bond acceptors (Lipinski definition) is 3. The molecular formula is C17H29N2O3Si+. The predicted octanol–water partition coefficient (Wildman–Crippen LogP) is 3.07. The molecule has 5 nitrogen and oxygen atoms in total. The zero-order valence-corrected chi connectivity index (χ0v) is 15.7. The molecule has 2 rings (SSSR count). The maximum atomic E-state index is 5.52. The number of aromatic nitrogens is 2. The van der Waals surface area contributed by atoms with Gasteiger partial charge in [0.1, 0.15) is 0 Å². The molecule has 1 heterocycles. The lowest BCUT2D eigenvalue weighted by molar-refractivity contribution is -0.678. The zero-order chi connectivity index (χ0) is 16.7. The fourth-order valence-electron chi connectivity index (χ4n) is 2.99. The van der Waals surface area contributed by atoms with Gasteiger partial charge in [-0.2, -0.15) is 0 Å². The second-order valence-electron chi connectivity index (χ2n) is 5.74. The largest absolute Gasteiger partial charge is 0.500 e. The monoisotopic (exact) mass is 337 g/mol. The van der Waals surface area contributed by atoms with Gasteiger partial charge in [0, 0.05) is 33.8 Å². The Morgan fingerprint density at radius 2 is 1.74 bits per heavy atom. The van der Waals surface area contributed by atoms with Crippen LogP contribution >= 0.6 is 0 Å². The van der Waals surface area contributed by atoms with E-state index < -0.39 is 8.80 Å². The molecule has 0 aliphatic carbocycles. The molecule has 6 heteroatoms. The highest BCUT2D eigenvalue weighted by molar-refractivity contribution is 6.60. The van der Waals surface area contributed by atoms with Crippen LogP contribution in [0, 0.1) is 0 Å². The van der Waals surface area contributed by atoms with Gasteiger partial charge in [-0.3, -0.25) is 0 Å². The number of hydrogen-bond donors (Lipinski definition) is 1. The number of rotatable bonds is 10. The van der Waals surface area contributed by atoms with Crippen LogP contribution in [0.4, 0.5) is 0 Å². The topological polar surface area (TPSA) is 47.4 Å². The lowest BCUT2D eigenvalue weighted by Crippen LogP contribution is -2.44. The standard InChI is InChI=1S/C17H28N2O3Si/c1-5-6-12-17-18-15-10-7-8-11-16(15)19(17)13-9-14-23(20-2,21-3)22-4/h7-8,10-11H,5-6,9,12-14H2,1-4H3/p+1. The maximum Gasteiger partial charge on any atom is 0.500 e. The average molecular weight is 338 g/mol. The summed E-state index contributed by atoms with van der Waals surface area (Å²) in [6, 6.07) is 9.30. The summed E-state index contributed by atoms with van der Waals surface area (Å²) in [6.07, 6.45) is 4.43. The molecule has 0 amide bonds. The molecule has 0 fully saturated rings. The number of imidazole rings is 1. The van der Waals surface area contributed by atoms with E-state index in [1.807, 2.05) is 0 Å². The minimum absolute atomic E-state index is 0.816. The summed E-state index contributed by atoms with van der Waals surface area (Å²) in [5.41, 5.74) is 2.46. The van der Waals surface area contributed by atoms with Crippen LogP contribution in [0.1, 0.15) is 32.0 Å². The maximum absolute atomic E-state index is 5.52. The summed E-state index contributed by atoms with van der Waals surface area (Å²) in [5, 5.41) is 0. The fourth-order valence-corrected chi connectivity index (χ4v) is 4.69. The Balaban J connectivity index is 2.14.